The zero-order valence-electron chi connectivity index (χ0n) is 11.8. The molecule has 0 spiro atoms. The first-order chi connectivity index (χ1) is 9.73. The molecule has 2 heteroatoms. The molecule has 0 amide bonds. The minimum absolute atomic E-state index is 0.570. The van der Waals surface area contributed by atoms with Crippen LogP contribution >= 0.6 is 0 Å². The van der Waals surface area contributed by atoms with Crippen molar-refractivity contribution in [1.29, 1.82) is 0 Å². The molecule has 1 aromatic carbocycles. The van der Waals surface area contributed by atoms with E-state index in [1.54, 1.807) is 0 Å². The quantitative estimate of drug-likeness (QED) is 0.800. The van der Waals surface area contributed by atoms with Crippen LogP contribution in [0.3, 0.4) is 0 Å². The number of rotatable bonds is 6. The highest BCUT2D eigenvalue weighted by Gasteiger charge is 2.30. The minimum Gasteiger partial charge on any atom is -0.362 e. The lowest BCUT2D eigenvalue weighted by atomic mass is 9.97. The number of ether oxygens (including phenoxy) is 1. The van der Waals surface area contributed by atoms with Gasteiger partial charge in [-0.05, 0) is 43.2 Å². The monoisotopic (exact) mass is 270 g/mol. The maximum absolute atomic E-state index is 10.3. The Labute approximate surface area is 120 Å². The third-order valence-corrected chi connectivity index (χ3v) is 4.03. The lowest BCUT2D eigenvalue weighted by molar-refractivity contribution is -0.167. The average Bonchev–Trinajstić information content (AvgIpc) is 3.30. The molecule has 1 N–H and O–H groups in total. The predicted molar refractivity (Wildman–Crippen MR) is 80.2 cm³/mol. The van der Waals surface area contributed by atoms with E-state index in [9.17, 15) is 5.11 Å². The molecule has 20 heavy (non-hydrogen) atoms. The van der Waals surface area contributed by atoms with Gasteiger partial charge in [0.2, 0.25) is 0 Å². The summed E-state index contributed by atoms with van der Waals surface area (Å²) in [5.74, 6) is -0.394. The number of hydrogen-bond acceptors (Lipinski definition) is 2. The summed E-state index contributed by atoms with van der Waals surface area (Å²) in [6.45, 7) is 0.689. The van der Waals surface area contributed by atoms with Crippen molar-refractivity contribution >= 4 is 0 Å². The zero-order chi connectivity index (χ0) is 13.8. The third kappa shape index (κ3) is 3.81. The Balaban J connectivity index is 1.48. The molecule has 2 nitrogen and oxygen atoms in total. The molecule has 0 aliphatic heterocycles. The minimum atomic E-state index is -1.07. The van der Waals surface area contributed by atoms with Crippen LogP contribution in [0, 0.1) is 5.92 Å². The first-order valence-electron chi connectivity index (χ1n) is 7.52. The number of aliphatic hydroxyl groups is 1. The van der Waals surface area contributed by atoms with Crippen LogP contribution in [-0.4, -0.2) is 17.5 Å². The largest absolute Gasteiger partial charge is 0.362 e. The van der Waals surface area contributed by atoms with Gasteiger partial charge >= 0.3 is 0 Å². The van der Waals surface area contributed by atoms with Gasteiger partial charge in [0.15, 0.2) is 5.79 Å². The highest BCUT2D eigenvalue weighted by Crippen LogP contribution is 2.32. The van der Waals surface area contributed by atoms with Crippen molar-refractivity contribution in [2.45, 2.75) is 37.9 Å². The van der Waals surface area contributed by atoms with E-state index in [1.807, 2.05) is 18.2 Å². The summed E-state index contributed by atoms with van der Waals surface area (Å²) in [5, 5.41) is 10.3. The Kier molecular flexibility index (Phi) is 4.04. The van der Waals surface area contributed by atoms with Crippen molar-refractivity contribution in [1.82, 2.24) is 0 Å². The van der Waals surface area contributed by atoms with E-state index in [1.165, 1.54) is 24.0 Å². The number of hydrogen-bond donors (Lipinski definition) is 1. The molecule has 1 saturated carbocycles. The van der Waals surface area contributed by atoms with Crippen molar-refractivity contribution in [2.24, 2.45) is 5.92 Å². The number of benzene rings is 1. The molecule has 1 fully saturated rings. The Morgan fingerprint density at radius 2 is 1.95 bits per heavy atom. The van der Waals surface area contributed by atoms with Gasteiger partial charge in [-0.1, -0.05) is 48.1 Å². The summed E-state index contributed by atoms with van der Waals surface area (Å²) in [6.07, 6.45) is 11.1. The van der Waals surface area contributed by atoms with Crippen molar-refractivity contribution in [3.63, 3.8) is 0 Å². The second-order valence-electron chi connectivity index (χ2n) is 5.90. The first-order valence-corrected chi connectivity index (χ1v) is 7.52. The van der Waals surface area contributed by atoms with E-state index in [2.05, 4.69) is 30.3 Å². The second kappa shape index (κ2) is 5.94. The Morgan fingerprint density at radius 3 is 2.60 bits per heavy atom. The summed E-state index contributed by atoms with van der Waals surface area (Å²) >= 11 is 0. The van der Waals surface area contributed by atoms with Crippen LogP contribution in [0.15, 0.2) is 54.1 Å². The highest BCUT2D eigenvalue weighted by atomic mass is 16.6. The molecule has 2 aliphatic rings. The van der Waals surface area contributed by atoms with E-state index < -0.39 is 5.79 Å². The number of allylic oxidation sites excluding steroid dienone is 2. The second-order valence-corrected chi connectivity index (χ2v) is 5.90. The van der Waals surface area contributed by atoms with Crippen LogP contribution in [-0.2, 0) is 11.2 Å². The first kappa shape index (κ1) is 13.6. The average molecular weight is 270 g/mol. The molecule has 2 aliphatic carbocycles. The van der Waals surface area contributed by atoms with E-state index >= 15 is 0 Å². The Morgan fingerprint density at radius 1 is 1.15 bits per heavy atom. The molecule has 0 aromatic heterocycles. The SMILES string of the molecule is OC1(OCC2CC2)C=CC(CCc2ccccc2)=CC1. The van der Waals surface area contributed by atoms with Gasteiger partial charge < -0.3 is 9.84 Å². The van der Waals surface area contributed by atoms with E-state index in [0.29, 0.717) is 18.9 Å². The highest BCUT2D eigenvalue weighted by molar-refractivity contribution is 5.27. The van der Waals surface area contributed by atoms with Crippen molar-refractivity contribution < 1.29 is 9.84 Å². The van der Waals surface area contributed by atoms with Crippen molar-refractivity contribution in [2.75, 3.05) is 6.61 Å². The molecule has 1 atom stereocenters. The fourth-order valence-corrected chi connectivity index (χ4v) is 2.42. The van der Waals surface area contributed by atoms with Crippen LogP contribution in [0.2, 0.25) is 0 Å². The molecule has 0 heterocycles. The number of aryl methyl sites for hydroxylation is 1. The van der Waals surface area contributed by atoms with Gasteiger partial charge in [-0.2, -0.15) is 0 Å². The molecule has 1 aromatic rings. The predicted octanol–water partition coefficient (Wildman–Crippen LogP) is 3.62. The molecule has 0 bridgehead atoms. The Hall–Kier alpha value is -1.38. The summed E-state index contributed by atoms with van der Waals surface area (Å²) in [4.78, 5) is 0. The van der Waals surface area contributed by atoms with Crippen LogP contribution < -0.4 is 0 Å². The van der Waals surface area contributed by atoms with Crippen LogP contribution in [0.1, 0.15) is 31.2 Å². The fraction of sp³-hybridized carbons (Fsp3) is 0.444. The van der Waals surface area contributed by atoms with Gasteiger partial charge in [0, 0.05) is 6.42 Å². The maximum Gasteiger partial charge on any atom is 0.189 e. The standard InChI is InChI=1S/C18H22O2/c19-18(20-14-17-8-9-17)12-10-16(11-13-18)7-6-15-4-2-1-3-5-15/h1-5,10-12,17,19H,6-9,13-14H2. The maximum atomic E-state index is 10.3. The molecular formula is C18H22O2. The smallest absolute Gasteiger partial charge is 0.189 e. The van der Waals surface area contributed by atoms with Gasteiger partial charge in [0.25, 0.3) is 0 Å². The lowest BCUT2D eigenvalue weighted by Crippen LogP contribution is -2.31. The molecule has 106 valence electrons. The molecule has 0 saturated heterocycles. The van der Waals surface area contributed by atoms with E-state index in [0.717, 1.165) is 12.8 Å². The zero-order valence-corrected chi connectivity index (χ0v) is 11.8. The molecule has 3 rings (SSSR count). The summed E-state index contributed by atoms with van der Waals surface area (Å²) in [7, 11) is 0. The summed E-state index contributed by atoms with van der Waals surface area (Å²) < 4.78 is 5.63. The normalized spacial score (nSPS) is 25.6. The van der Waals surface area contributed by atoms with Crippen molar-refractivity contribution in [3.8, 4) is 0 Å². The third-order valence-electron chi connectivity index (χ3n) is 4.03. The van der Waals surface area contributed by atoms with E-state index in [-0.39, 0.29) is 0 Å². The van der Waals surface area contributed by atoms with Gasteiger partial charge in [-0.3, -0.25) is 0 Å². The van der Waals surface area contributed by atoms with E-state index in [4.69, 9.17) is 4.74 Å². The van der Waals surface area contributed by atoms with Gasteiger partial charge in [-0.25, -0.2) is 0 Å². The van der Waals surface area contributed by atoms with Gasteiger partial charge in [-0.15, -0.1) is 0 Å². The van der Waals surface area contributed by atoms with Gasteiger partial charge in [0.05, 0.1) is 6.61 Å². The topological polar surface area (TPSA) is 29.5 Å². The summed E-state index contributed by atoms with van der Waals surface area (Å²) in [6, 6.07) is 10.5. The molecule has 1 unspecified atom stereocenters. The van der Waals surface area contributed by atoms with Crippen molar-refractivity contribution in [3.05, 3.63) is 59.7 Å². The summed E-state index contributed by atoms with van der Waals surface area (Å²) in [5.41, 5.74) is 2.64. The molecule has 0 radical (unpaired) electrons. The van der Waals surface area contributed by atoms with Crippen LogP contribution in [0.4, 0.5) is 0 Å². The molecular weight excluding hydrogens is 248 g/mol. The Bertz CT molecular complexity index is 499. The van der Waals surface area contributed by atoms with Crippen LogP contribution in [0.5, 0.6) is 0 Å². The van der Waals surface area contributed by atoms with Crippen LogP contribution in [0.25, 0.3) is 0 Å². The fourth-order valence-electron chi connectivity index (χ4n) is 2.42. The lowest BCUT2D eigenvalue weighted by Gasteiger charge is -2.27. The van der Waals surface area contributed by atoms with Gasteiger partial charge in [0.1, 0.15) is 0 Å².